The molecule has 0 saturated carbocycles. The summed E-state index contributed by atoms with van der Waals surface area (Å²) in [6.07, 6.45) is 4.32. The highest BCUT2D eigenvalue weighted by atomic mass is 35.5. The summed E-state index contributed by atoms with van der Waals surface area (Å²) in [6.45, 7) is 2.20. The summed E-state index contributed by atoms with van der Waals surface area (Å²) in [5.74, 6) is 3.61. The van der Waals surface area contributed by atoms with Crippen molar-refractivity contribution in [1.82, 2.24) is 15.5 Å². The monoisotopic (exact) mass is 383 g/mol. The summed E-state index contributed by atoms with van der Waals surface area (Å²) in [6, 6.07) is 3.64. The highest BCUT2D eigenvalue weighted by Crippen LogP contribution is 2.40. The van der Waals surface area contributed by atoms with E-state index in [1.165, 1.54) is 12.8 Å². The third-order valence-corrected chi connectivity index (χ3v) is 4.62. The number of benzene rings is 1. The van der Waals surface area contributed by atoms with Crippen molar-refractivity contribution in [3.63, 3.8) is 0 Å². The van der Waals surface area contributed by atoms with Gasteiger partial charge in [-0.05, 0) is 50.4 Å². The van der Waals surface area contributed by atoms with Gasteiger partial charge in [0.1, 0.15) is 0 Å². The Bertz CT molecular complexity index is 676. The van der Waals surface area contributed by atoms with E-state index in [1.54, 1.807) is 21.3 Å². The molecule has 1 saturated heterocycles. The predicted molar refractivity (Wildman–Crippen MR) is 101 cm³/mol. The number of halogens is 1. The molecule has 1 aromatic heterocycles. The SMILES string of the molecule is COc1cc(-c2noc(CCC3CCNCC3)n2)cc(OC)c1OC.Cl. The average Bonchev–Trinajstić information content (AvgIpc) is 3.15. The smallest absolute Gasteiger partial charge is 0.226 e. The van der Waals surface area contributed by atoms with Crippen LogP contribution in [0.5, 0.6) is 17.2 Å². The molecule has 0 amide bonds. The molecule has 26 heavy (non-hydrogen) atoms. The Labute approximate surface area is 159 Å². The molecule has 0 unspecified atom stereocenters. The molecule has 1 N–H and O–H groups in total. The van der Waals surface area contributed by atoms with Gasteiger partial charge in [-0.2, -0.15) is 4.98 Å². The third-order valence-electron chi connectivity index (χ3n) is 4.62. The Kier molecular flexibility index (Phi) is 7.53. The Hall–Kier alpha value is -1.99. The molecule has 144 valence electrons. The van der Waals surface area contributed by atoms with Crippen LogP contribution in [0.4, 0.5) is 0 Å². The molecule has 0 atom stereocenters. The van der Waals surface area contributed by atoms with Crippen LogP contribution in [0.1, 0.15) is 25.2 Å². The van der Waals surface area contributed by atoms with Crippen LogP contribution in [-0.2, 0) is 6.42 Å². The minimum absolute atomic E-state index is 0. The molecule has 2 aromatic rings. The van der Waals surface area contributed by atoms with Crippen LogP contribution in [0, 0.1) is 5.92 Å². The van der Waals surface area contributed by atoms with Gasteiger partial charge in [0.15, 0.2) is 11.5 Å². The van der Waals surface area contributed by atoms with E-state index in [0.717, 1.165) is 37.4 Å². The Balaban J connectivity index is 0.00000243. The Morgan fingerprint density at radius 2 is 1.73 bits per heavy atom. The van der Waals surface area contributed by atoms with E-state index < -0.39 is 0 Å². The van der Waals surface area contributed by atoms with Gasteiger partial charge in [0, 0.05) is 12.0 Å². The van der Waals surface area contributed by atoms with Gasteiger partial charge in [-0.1, -0.05) is 5.16 Å². The van der Waals surface area contributed by atoms with E-state index in [0.29, 0.717) is 29.0 Å². The van der Waals surface area contributed by atoms with Gasteiger partial charge in [0.2, 0.25) is 17.5 Å². The number of hydrogen-bond acceptors (Lipinski definition) is 7. The molecule has 3 rings (SSSR count). The topological polar surface area (TPSA) is 78.6 Å². The number of nitrogens with zero attached hydrogens (tertiary/aromatic N) is 2. The van der Waals surface area contributed by atoms with Crippen LogP contribution < -0.4 is 19.5 Å². The molecule has 1 aliphatic heterocycles. The molecule has 0 aliphatic carbocycles. The second-order valence-electron chi connectivity index (χ2n) is 6.16. The molecule has 1 fully saturated rings. The summed E-state index contributed by atoms with van der Waals surface area (Å²) >= 11 is 0. The zero-order valence-corrected chi connectivity index (χ0v) is 16.2. The van der Waals surface area contributed by atoms with Crippen molar-refractivity contribution in [1.29, 1.82) is 0 Å². The number of methoxy groups -OCH3 is 3. The molecule has 0 spiro atoms. The second kappa shape index (κ2) is 9.64. The maximum absolute atomic E-state index is 5.42. The molecule has 7 nitrogen and oxygen atoms in total. The molecule has 0 bridgehead atoms. The number of rotatable bonds is 7. The van der Waals surface area contributed by atoms with Crippen molar-refractivity contribution in [2.45, 2.75) is 25.7 Å². The zero-order valence-electron chi connectivity index (χ0n) is 15.4. The summed E-state index contributed by atoms with van der Waals surface area (Å²) in [5, 5.41) is 7.49. The zero-order chi connectivity index (χ0) is 17.6. The first-order valence-corrected chi connectivity index (χ1v) is 8.58. The van der Waals surface area contributed by atoms with E-state index in [9.17, 15) is 0 Å². The van der Waals surface area contributed by atoms with Crippen molar-refractivity contribution in [3.05, 3.63) is 18.0 Å². The quantitative estimate of drug-likeness (QED) is 0.786. The van der Waals surface area contributed by atoms with Crippen LogP contribution in [0.25, 0.3) is 11.4 Å². The molecule has 2 heterocycles. The molecule has 0 radical (unpaired) electrons. The highest BCUT2D eigenvalue weighted by molar-refractivity contribution is 5.85. The fourth-order valence-electron chi connectivity index (χ4n) is 3.18. The van der Waals surface area contributed by atoms with Crippen LogP contribution in [-0.4, -0.2) is 44.6 Å². The summed E-state index contributed by atoms with van der Waals surface area (Å²) in [4.78, 5) is 4.53. The van der Waals surface area contributed by atoms with E-state index in [1.807, 2.05) is 12.1 Å². The van der Waals surface area contributed by atoms with Gasteiger partial charge in [0.25, 0.3) is 0 Å². The highest BCUT2D eigenvalue weighted by Gasteiger charge is 2.18. The molecule has 1 aromatic carbocycles. The van der Waals surface area contributed by atoms with E-state index in [4.69, 9.17) is 18.7 Å². The van der Waals surface area contributed by atoms with Crippen LogP contribution in [0.3, 0.4) is 0 Å². The molecule has 8 heteroatoms. The summed E-state index contributed by atoms with van der Waals surface area (Å²) < 4.78 is 21.5. The number of nitrogens with one attached hydrogen (secondary N) is 1. The van der Waals surface area contributed by atoms with Crippen molar-refractivity contribution in [2.24, 2.45) is 5.92 Å². The van der Waals surface area contributed by atoms with Gasteiger partial charge in [-0.3, -0.25) is 0 Å². The second-order valence-corrected chi connectivity index (χ2v) is 6.16. The molecular weight excluding hydrogens is 358 g/mol. The lowest BCUT2D eigenvalue weighted by molar-refractivity contribution is 0.323. The van der Waals surface area contributed by atoms with Gasteiger partial charge in [-0.15, -0.1) is 12.4 Å². The summed E-state index contributed by atoms with van der Waals surface area (Å²) in [5.41, 5.74) is 0.770. The minimum Gasteiger partial charge on any atom is -0.493 e. The fourth-order valence-corrected chi connectivity index (χ4v) is 3.18. The van der Waals surface area contributed by atoms with E-state index in [-0.39, 0.29) is 12.4 Å². The number of aryl methyl sites for hydroxylation is 1. The van der Waals surface area contributed by atoms with E-state index >= 15 is 0 Å². The number of piperidine rings is 1. The van der Waals surface area contributed by atoms with Crippen LogP contribution in [0.15, 0.2) is 16.7 Å². The largest absolute Gasteiger partial charge is 0.493 e. The first kappa shape index (κ1) is 20.3. The van der Waals surface area contributed by atoms with Crippen molar-refractivity contribution < 1.29 is 18.7 Å². The number of hydrogen-bond donors (Lipinski definition) is 1. The Morgan fingerprint density at radius 3 is 2.31 bits per heavy atom. The van der Waals surface area contributed by atoms with Crippen molar-refractivity contribution in [3.8, 4) is 28.6 Å². The van der Waals surface area contributed by atoms with Crippen LogP contribution in [0.2, 0.25) is 0 Å². The van der Waals surface area contributed by atoms with Gasteiger partial charge >= 0.3 is 0 Å². The first-order chi connectivity index (χ1) is 12.2. The molecular formula is C18H26ClN3O4. The standard InChI is InChI=1S/C18H25N3O4.ClH/c1-22-14-10-13(11-15(23-2)17(14)24-3)18-20-16(25-21-18)5-4-12-6-8-19-9-7-12;/h10-12,19H,4-9H2,1-3H3;1H. The summed E-state index contributed by atoms with van der Waals surface area (Å²) in [7, 11) is 4.75. The maximum Gasteiger partial charge on any atom is 0.226 e. The Morgan fingerprint density at radius 1 is 1.08 bits per heavy atom. The number of aromatic nitrogens is 2. The molecule has 1 aliphatic rings. The van der Waals surface area contributed by atoms with Crippen molar-refractivity contribution >= 4 is 12.4 Å². The first-order valence-electron chi connectivity index (χ1n) is 8.58. The maximum atomic E-state index is 5.42. The lowest BCUT2D eigenvalue weighted by Gasteiger charge is -2.21. The lowest BCUT2D eigenvalue weighted by atomic mass is 9.93. The normalized spacial score (nSPS) is 14.6. The average molecular weight is 384 g/mol. The van der Waals surface area contributed by atoms with Crippen LogP contribution >= 0.6 is 12.4 Å². The predicted octanol–water partition coefficient (Wildman–Crippen LogP) is 3.12. The fraction of sp³-hybridized carbons (Fsp3) is 0.556. The van der Waals surface area contributed by atoms with Gasteiger partial charge < -0.3 is 24.1 Å². The number of ether oxygens (including phenoxy) is 3. The minimum atomic E-state index is 0. The van der Waals surface area contributed by atoms with Crippen molar-refractivity contribution in [2.75, 3.05) is 34.4 Å². The van der Waals surface area contributed by atoms with Gasteiger partial charge in [0.05, 0.1) is 21.3 Å². The van der Waals surface area contributed by atoms with Gasteiger partial charge in [-0.25, -0.2) is 0 Å². The third kappa shape index (κ3) is 4.59. The lowest BCUT2D eigenvalue weighted by Crippen LogP contribution is -2.27. The van der Waals surface area contributed by atoms with E-state index in [2.05, 4.69) is 15.5 Å².